The van der Waals surface area contributed by atoms with E-state index < -0.39 is 11.6 Å². The number of ether oxygens (including phenoxy) is 2. The Balaban J connectivity index is 2.15. The van der Waals surface area contributed by atoms with Gasteiger partial charge in [0.2, 0.25) is 0 Å². The number of hydrogen-bond acceptors (Lipinski definition) is 3. The molecule has 1 aromatic rings. The highest BCUT2D eigenvalue weighted by Crippen LogP contribution is 2.28. The molecule has 1 aliphatic heterocycles. The van der Waals surface area contributed by atoms with Gasteiger partial charge in [-0.25, -0.2) is 8.78 Å². The summed E-state index contributed by atoms with van der Waals surface area (Å²) in [6, 6.07) is 2.43. The van der Waals surface area contributed by atoms with Crippen molar-refractivity contribution in [2.75, 3.05) is 6.61 Å². The van der Waals surface area contributed by atoms with Gasteiger partial charge in [0.15, 0.2) is 11.6 Å². The minimum atomic E-state index is -0.644. The predicted molar refractivity (Wildman–Crippen MR) is 77.4 cm³/mol. The molecule has 1 fully saturated rings. The van der Waals surface area contributed by atoms with Crippen LogP contribution in [0.3, 0.4) is 0 Å². The van der Waals surface area contributed by atoms with Gasteiger partial charge >= 0.3 is 0 Å². The lowest BCUT2D eigenvalue weighted by Gasteiger charge is -2.29. The highest BCUT2D eigenvalue weighted by Gasteiger charge is 2.23. The van der Waals surface area contributed by atoms with E-state index in [0.29, 0.717) is 25.1 Å². The zero-order valence-corrected chi connectivity index (χ0v) is 12.8. The minimum Gasteiger partial charge on any atom is -0.487 e. The normalized spacial score (nSPS) is 22.6. The van der Waals surface area contributed by atoms with Gasteiger partial charge in [0, 0.05) is 37.1 Å². The van der Waals surface area contributed by atoms with Gasteiger partial charge in [0.1, 0.15) is 11.9 Å². The number of hydrogen-bond donors (Lipinski definition) is 1. The molecule has 1 aromatic carbocycles. The first-order chi connectivity index (χ1) is 9.95. The van der Waals surface area contributed by atoms with E-state index in [4.69, 9.17) is 9.47 Å². The summed E-state index contributed by atoms with van der Waals surface area (Å²) in [7, 11) is 0. The third-order valence-electron chi connectivity index (χ3n) is 3.51. The standard InChI is InChI=1S/C16H23F2NO2/c1-10(2)19-9-12-7-13(17)8-15(18)16(12)21-14-4-5-20-11(3)6-14/h7-8,10-11,14,19H,4-6,9H2,1-3H3. The van der Waals surface area contributed by atoms with Crippen molar-refractivity contribution in [1.82, 2.24) is 5.32 Å². The highest BCUT2D eigenvalue weighted by molar-refractivity contribution is 5.36. The molecule has 1 aliphatic rings. The lowest BCUT2D eigenvalue weighted by Crippen LogP contribution is -2.32. The third kappa shape index (κ3) is 4.64. The summed E-state index contributed by atoms with van der Waals surface area (Å²) in [4.78, 5) is 0. The molecule has 1 heterocycles. The summed E-state index contributed by atoms with van der Waals surface area (Å²) in [6.45, 7) is 6.92. The van der Waals surface area contributed by atoms with Crippen LogP contribution in [0.25, 0.3) is 0 Å². The fraction of sp³-hybridized carbons (Fsp3) is 0.625. The molecular weight excluding hydrogens is 276 g/mol. The van der Waals surface area contributed by atoms with E-state index in [9.17, 15) is 8.78 Å². The molecule has 1 N–H and O–H groups in total. The zero-order valence-electron chi connectivity index (χ0n) is 12.8. The van der Waals surface area contributed by atoms with E-state index in [-0.39, 0.29) is 24.0 Å². The summed E-state index contributed by atoms with van der Waals surface area (Å²) in [5, 5.41) is 3.16. The Morgan fingerprint density at radius 2 is 2.14 bits per heavy atom. The maximum Gasteiger partial charge on any atom is 0.168 e. The monoisotopic (exact) mass is 299 g/mol. The molecule has 0 saturated carbocycles. The summed E-state index contributed by atoms with van der Waals surface area (Å²) in [5.74, 6) is -1.07. The van der Waals surface area contributed by atoms with Crippen LogP contribution in [0.2, 0.25) is 0 Å². The number of benzene rings is 1. The molecular formula is C16H23F2NO2. The van der Waals surface area contributed by atoms with Crippen molar-refractivity contribution in [3.63, 3.8) is 0 Å². The topological polar surface area (TPSA) is 30.5 Å². The largest absolute Gasteiger partial charge is 0.487 e. The molecule has 0 radical (unpaired) electrons. The number of rotatable bonds is 5. The van der Waals surface area contributed by atoms with E-state index in [0.717, 1.165) is 12.5 Å². The second kappa shape index (κ2) is 7.18. The van der Waals surface area contributed by atoms with Gasteiger partial charge in [-0.15, -0.1) is 0 Å². The lowest BCUT2D eigenvalue weighted by atomic mass is 10.1. The van der Waals surface area contributed by atoms with Crippen molar-refractivity contribution in [3.8, 4) is 5.75 Å². The van der Waals surface area contributed by atoms with Crippen molar-refractivity contribution in [2.45, 2.75) is 58.4 Å². The Morgan fingerprint density at radius 3 is 2.81 bits per heavy atom. The van der Waals surface area contributed by atoms with Crippen LogP contribution in [0.1, 0.15) is 39.2 Å². The Labute approximate surface area is 124 Å². The van der Waals surface area contributed by atoms with Crippen molar-refractivity contribution in [2.24, 2.45) is 0 Å². The van der Waals surface area contributed by atoms with Gasteiger partial charge in [0.25, 0.3) is 0 Å². The Kier molecular flexibility index (Phi) is 5.53. The van der Waals surface area contributed by atoms with Crippen LogP contribution in [-0.2, 0) is 11.3 Å². The molecule has 0 amide bonds. The molecule has 0 aromatic heterocycles. The van der Waals surface area contributed by atoms with Gasteiger partial charge < -0.3 is 14.8 Å². The van der Waals surface area contributed by atoms with Gasteiger partial charge in [-0.3, -0.25) is 0 Å². The first-order valence-corrected chi connectivity index (χ1v) is 7.45. The third-order valence-corrected chi connectivity index (χ3v) is 3.51. The predicted octanol–water partition coefficient (Wildman–Crippen LogP) is 3.41. The summed E-state index contributed by atoms with van der Waals surface area (Å²) in [6.07, 6.45) is 1.45. The van der Waals surface area contributed by atoms with Gasteiger partial charge in [-0.1, -0.05) is 13.8 Å². The van der Waals surface area contributed by atoms with E-state index >= 15 is 0 Å². The van der Waals surface area contributed by atoms with Crippen LogP contribution in [0.4, 0.5) is 8.78 Å². The molecule has 0 aliphatic carbocycles. The quantitative estimate of drug-likeness (QED) is 0.904. The van der Waals surface area contributed by atoms with Crippen molar-refractivity contribution < 1.29 is 18.3 Å². The van der Waals surface area contributed by atoms with E-state index in [2.05, 4.69) is 5.32 Å². The average Bonchev–Trinajstić information content (AvgIpc) is 2.39. The smallest absolute Gasteiger partial charge is 0.168 e. The molecule has 0 spiro atoms. The van der Waals surface area contributed by atoms with Crippen LogP contribution in [0.15, 0.2) is 12.1 Å². The molecule has 0 bridgehead atoms. The van der Waals surface area contributed by atoms with Crippen molar-refractivity contribution >= 4 is 0 Å². The number of nitrogens with one attached hydrogen (secondary N) is 1. The fourth-order valence-electron chi connectivity index (χ4n) is 2.42. The van der Waals surface area contributed by atoms with Crippen LogP contribution < -0.4 is 10.1 Å². The van der Waals surface area contributed by atoms with E-state index in [1.807, 2.05) is 20.8 Å². The minimum absolute atomic E-state index is 0.0912. The molecule has 21 heavy (non-hydrogen) atoms. The summed E-state index contributed by atoms with van der Waals surface area (Å²) < 4.78 is 38.8. The average molecular weight is 299 g/mol. The van der Waals surface area contributed by atoms with Crippen LogP contribution in [-0.4, -0.2) is 24.9 Å². The Morgan fingerprint density at radius 1 is 1.38 bits per heavy atom. The summed E-state index contributed by atoms with van der Waals surface area (Å²) in [5.41, 5.74) is 0.514. The SMILES string of the molecule is CC(C)NCc1cc(F)cc(F)c1OC1CCOC(C)C1. The zero-order chi connectivity index (χ0) is 15.4. The van der Waals surface area contributed by atoms with Crippen molar-refractivity contribution in [3.05, 3.63) is 29.3 Å². The molecule has 2 atom stereocenters. The molecule has 2 rings (SSSR count). The molecule has 3 nitrogen and oxygen atoms in total. The van der Waals surface area contributed by atoms with Gasteiger partial charge in [0.05, 0.1) is 12.7 Å². The van der Waals surface area contributed by atoms with E-state index in [1.165, 1.54) is 6.07 Å². The summed E-state index contributed by atoms with van der Waals surface area (Å²) >= 11 is 0. The van der Waals surface area contributed by atoms with Crippen LogP contribution >= 0.6 is 0 Å². The Bertz CT molecular complexity index is 480. The Hall–Kier alpha value is -1.20. The van der Waals surface area contributed by atoms with Crippen LogP contribution in [0, 0.1) is 11.6 Å². The van der Waals surface area contributed by atoms with Crippen molar-refractivity contribution in [1.29, 1.82) is 0 Å². The lowest BCUT2D eigenvalue weighted by molar-refractivity contribution is -0.0264. The maximum absolute atomic E-state index is 14.1. The second-order valence-corrected chi connectivity index (χ2v) is 5.86. The molecule has 5 heteroatoms. The molecule has 118 valence electrons. The second-order valence-electron chi connectivity index (χ2n) is 5.86. The fourth-order valence-corrected chi connectivity index (χ4v) is 2.42. The maximum atomic E-state index is 14.1. The molecule has 1 saturated heterocycles. The van der Waals surface area contributed by atoms with Crippen LogP contribution in [0.5, 0.6) is 5.75 Å². The first kappa shape index (κ1) is 16.2. The molecule has 2 unspecified atom stereocenters. The van der Waals surface area contributed by atoms with Gasteiger partial charge in [-0.05, 0) is 13.0 Å². The highest BCUT2D eigenvalue weighted by atomic mass is 19.1. The first-order valence-electron chi connectivity index (χ1n) is 7.45. The van der Waals surface area contributed by atoms with E-state index in [1.54, 1.807) is 0 Å². The van der Waals surface area contributed by atoms with Gasteiger partial charge in [-0.2, -0.15) is 0 Å². The number of halogens is 2.